The van der Waals surface area contributed by atoms with Gasteiger partial charge < -0.3 is 10.2 Å². The number of nitrogens with one attached hydrogen (secondary N) is 1. The molecule has 3 rings (SSSR count). The number of carbonyl (C=O) groups is 1. The molecule has 0 spiro atoms. The molecular weight excluding hydrogens is 252 g/mol. The second kappa shape index (κ2) is 4.57. The number of hydrogen-bond acceptors (Lipinski definition) is 4. The highest BCUT2D eigenvalue weighted by molar-refractivity contribution is 5.93. The van der Waals surface area contributed by atoms with Gasteiger partial charge in [0.25, 0.3) is 5.91 Å². The van der Waals surface area contributed by atoms with Crippen LogP contribution in [0.5, 0.6) is 0 Å². The minimum absolute atomic E-state index is 0.0334. The molecule has 2 aliphatic rings. The van der Waals surface area contributed by atoms with Gasteiger partial charge in [-0.1, -0.05) is 0 Å². The maximum Gasteiger partial charge on any atom is 0.272 e. The Hall–Kier alpha value is -1.93. The number of pyridine rings is 1. The molecule has 1 aromatic heterocycles. The van der Waals surface area contributed by atoms with E-state index >= 15 is 0 Å². The van der Waals surface area contributed by atoms with E-state index in [9.17, 15) is 4.79 Å². The lowest BCUT2D eigenvalue weighted by molar-refractivity contribution is 0.0597. The predicted octanol–water partition coefficient (Wildman–Crippen LogP) is 1.02. The highest BCUT2D eigenvalue weighted by atomic mass is 16.2. The molecule has 0 radical (unpaired) electrons. The quantitative estimate of drug-likeness (QED) is 0.827. The van der Waals surface area contributed by atoms with Crippen LogP contribution in [0.1, 0.15) is 29.9 Å². The molecule has 20 heavy (non-hydrogen) atoms. The fourth-order valence-electron chi connectivity index (χ4n) is 3.49. The Labute approximate surface area is 118 Å². The zero-order chi connectivity index (χ0) is 14.3. The standard InChI is InChI=1S/C15H18N4O/c1-15(2)12-8-17-7-11(12)9-19(15)14(20)13-4-3-10(5-16)6-18-13/h3-4,6,11-12,17H,7-9H2,1-2H3. The minimum Gasteiger partial charge on any atom is -0.332 e. The predicted molar refractivity (Wildman–Crippen MR) is 73.9 cm³/mol. The van der Waals surface area contributed by atoms with Gasteiger partial charge in [0, 0.05) is 31.4 Å². The molecule has 2 unspecified atom stereocenters. The van der Waals surface area contributed by atoms with E-state index in [4.69, 9.17) is 5.26 Å². The Morgan fingerprint density at radius 2 is 2.30 bits per heavy atom. The summed E-state index contributed by atoms with van der Waals surface area (Å²) in [6, 6.07) is 5.30. The number of hydrogen-bond donors (Lipinski definition) is 1. The molecule has 0 bridgehead atoms. The maximum absolute atomic E-state index is 12.7. The van der Waals surface area contributed by atoms with Crippen LogP contribution in [0.4, 0.5) is 0 Å². The number of fused-ring (bicyclic) bond motifs is 1. The van der Waals surface area contributed by atoms with E-state index in [0.717, 1.165) is 19.6 Å². The molecule has 3 heterocycles. The Balaban J connectivity index is 1.85. The monoisotopic (exact) mass is 270 g/mol. The zero-order valence-electron chi connectivity index (χ0n) is 11.8. The lowest BCUT2D eigenvalue weighted by Gasteiger charge is -2.35. The van der Waals surface area contributed by atoms with Gasteiger partial charge in [-0.05, 0) is 37.8 Å². The van der Waals surface area contributed by atoms with Crippen molar-refractivity contribution in [3.63, 3.8) is 0 Å². The maximum atomic E-state index is 12.7. The molecular formula is C15H18N4O. The van der Waals surface area contributed by atoms with E-state index in [1.807, 2.05) is 11.0 Å². The van der Waals surface area contributed by atoms with Gasteiger partial charge >= 0.3 is 0 Å². The molecule has 5 nitrogen and oxygen atoms in total. The van der Waals surface area contributed by atoms with Gasteiger partial charge in [-0.15, -0.1) is 0 Å². The van der Waals surface area contributed by atoms with Crippen LogP contribution in [0, 0.1) is 23.2 Å². The smallest absolute Gasteiger partial charge is 0.272 e. The van der Waals surface area contributed by atoms with E-state index in [1.165, 1.54) is 6.20 Å². The Morgan fingerprint density at radius 1 is 1.50 bits per heavy atom. The summed E-state index contributed by atoms with van der Waals surface area (Å²) < 4.78 is 0. The molecule has 2 aliphatic heterocycles. The molecule has 2 atom stereocenters. The van der Waals surface area contributed by atoms with Crippen LogP contribution in [-0.4, -0.2) is 41.0 Å². The molecule has 0 aromatic carbocycles. The third-order valence-electron chi connectivity index (χ3n) is 4.72. The third kappa shape index (κ3) is 1.88. The van der Waals surface area contributed by atoms with Crippen LogP contribution in [0.25, 0.3) is 0 Å². The second-order valence-corrected chi connectivity index (χ2v) is 6.14. The van der Waals surface area contributed by atoms with Crippen molar-refractivity contribution < 1.29 is 4.79 Å². The van der Waals surface area contributed by atoms with Crippen molar-refractivity contribution in [1.82, 2.24) is 15.2 Å². The van der Waals surface area contributed by atoms with Crippen LogP contribution in [0.2, 0.25) is 0 Å². The largest absolute Gasteiger partial charge is 0.332 e. The summed E-state index contributed by atoms with van der Waals surface area (Å²) in [6.45, 7) is 7.00. The number of aromatic nitrogens is 1. The van der Waals surface area contributed by atoms with Crippen molar-refractivity contribution in [1.29, 1.82) is 5.26 Å². The van der Waals surface area contributed by atoms with Crippen molar-refractivity contribution >= 4 is 5.91 Å². The van der Waals surface area contributed by atoms with Gasteiger partial charge in [-0.2, -0.15) is 5.26 Å². The summed E-state index contributed by atoms with van der Waals surface area (Å²) in [7, 11) is 0. The Morgan fingerprint density at radius 3 is 2.90 bits per heavy atom. The molecule has 1 N–H and O–H groups in total. The number of nitrogens with zero attached hydrogens (tertiary/aromatic N) is 3. The van der Waals surface area contributed by atoms with Crippen molar-refractivity contribution in [2.75, 3.05) is 19.6 Å². The normalized spacial score (nSPS) is 27.1. The van der Waals surface area contributed by atoms with Gasteiger partial charge in [-0.3, -0.25) is 4.79 Å². The summed E-state index contributed by atoms with van der Waals surface area (Å²) in [6.07, 6.45) is 1.46. The first-order valence-electron chi connectivity index (χ1n) is 6.93. The minimum atomic E-state index is -0.152. The van der Waals surface area contributed by atoms with E-state index in [-0.39, 0.29) is 11.4 Å². The van der Waals surface area contributed by atoms with Crippen molar-refractivity contribution in [3.05, 3.63) is 29.6 Å². The van der Waals surface area contributed by atoms with Gasteiger partial charge in [0.05, 0.1) is 5.56 Å². The molecule has 1 aromatic rings. The summed E-state index contributed by atoms with van der Waals surface area (Å²) in [5, 5.41) is 12.2. The van der Waals surface area contributed by atoms with Crippen LogP contribution in [0.3, 0.4) is 0 Å². The SMILES string of the molecule is CC1(C)C2CNCC2CN1C(=O)c1ccc(C#N)cn1. The Bertz CT molecular complexity index is 573. The van der Waals surface area contributed by atoms with E-state index in [1.54, 1.807) is 12.1 Å². The number of nitriles is 1. The van der Waals surface area contributed by atoms with Crippen molar-refractivity contribution in [2.24, 2.45) is 11.8 Å². The topological polar surface area (TPSA) is 69.0 Å². The number of carbonyl (C=O) groups excluding carboxylic acids is 1. The lowest BCUT2D eigenvalue weighted by atomic mass is 9.85. The zero-order valence-corrected chi connectivity index (χ0v) is 11.8. The van der Waals surface area contributed by atoms with Crippen LogP contribution >= 0.6 is 0 Å². The molecule has 0 saturated carbocycles. The molecule has 2 fully saturated rings. The van der Waals surface area contributed by atoms with Gasteiger partial charge in [-0.25, -0.2) is 4.98 Å². The van der Waals surface area contributed by atoms with E-state index < -0.39 is 0 Å². The number of rotatable bonds is 1. The molecule has 5 heteroatoms. The molecule has 2 saturated heterocycles. The molecule has 0 aliphatic carbocycles. The average molecular weight is 270 g/mol. The van der Waals surface area contributed by atoms with Crippen LogP contribution in [0.15, 0.2) is 18.3 Å². The lowest BCUT2D eigenvalue weighted by Crippen LogP contribution is -2.47. The van der Waals surface area contributed by atoms with Crippen LogP contribution < -0.4 is 5.32 Å². The first kappa shape index (κ1) is 13.1. The number of likely N-dealkylation sites (tertiary alicyclic amines) is 1. The number of amides is 1. The summed E-state index contributed by atoms with van der Waals surface area (Å²) in [5.41, 5.74) is 0.745. The summed E-state index contributed by atoms with van der Waals surface area (Å²) >= 11 is 0. The van der Waals surface area contributed by atoms with E-state index in [0.29, 0.717) is 23.1 Å². The van der Waals surface area contributed by atoms with Crippen molar-refractivity contribution in [2.45, 2.75) is 19.4 Å². The fraction of sp³-hybridized carbons (Fsp3) is 0.533. The fourth-order valence-corrected chi connectivity index (χ4v) is 3.49. The van der Waals surface area contributed by atoms with E-state index in [2.05, 4.69) is 24.1 Å². The second-order valence-electron chi connectivity index (χ2n) is 6.14. The van der Waals surface area contributed by atoms with Crippen LogP contribution in [-0.2, 0) is 0 Å². The van der Waals surface area contributed by atoms with Gasteiger partial charge in [0.1, 0.15) is 11.8 Å². The average Bonchev–Trinajstić information content (AvgIpc) is 3.01. The first-order valence-corrected chi connectivity index (χ1v) is 6.93. The third-order valence-corrected chi connectivity index (χ3v) is 4.72. The van der Waals surface area contributed by atoms with Gasteiger partial charge in [0.2, 0.25) is 0 Å². The summed E-state index contributed by atoms with van der Waals surface area (Å²) in [4.78, 5) is 18.7. The summed E-state index contributed by atoms with van der Waals surface area (Å²) in [5.74, 6) is 1.01. The first-order chi connectivity index (χ1) is 9.54. The highest BCUT2D eigenvalue weighted by Crippen LogP contribution is 2.41. The molecule has 104 valence electrons. The van der Waals surface area contributed by atoms with Crippen molar-refractivity contribution in [3.8, 4) is 6.07 Å². The highest BCUT2D eigenvalue weighted by Gasteiger charge is 2.51. The Kier molecular flexibility index (Phi) is 2.98. The molecule has 1 amide bonds. The van der Waals surface area contributed by atoms with Gasteiger partial charge in [0.15, 0.2) is 0 Å².